The molecule has 3 aromatic rings. The highest BCUT2D eigenvalue weighted by Gasteiger charge is 2.29. The number of hydrogen-bond donors (Lipinski definition) is 1. The van der Waals surface area contributed by atoms with Gasteiger partial charge in [0.2, 0.25) is 0 Å². The molecular formula is C21H27N3OS. The molecule has 1 aromatic carbocycles. The Morgan fingerprint density at radius 2 is 1.81 bits per heavy atom. The minimum atomic E-state index is -0.261. The van der Waals surface area contributed by atoms with Gasteiger partial charge in [-0.3, -0.25) is 9.20 Å². The number of fused-ring (bicyclic) bond motifs is 1. The summed E-state index contributed by atoms with van der Waals surface area (Å²) < 4.78 is 2.01. The number of thiazole rings is 1. The van der Waals surface area contributed by atoms with Crippen molar-refractivity contribution in [3.63, 3.8) is 0 Å². The van der Waals surface area contributed by atoms with E-state index in [4.69, 9.17) is 4.98 Å². The summed E-state index contributed by atoms with van der Waals surface area (Å²) in [7, 11) is 0. The van der Waals surface area contributed by atoms with Crippen LogP contribution in [-0.2, 0) is 0 Å². The van der Waals surface area contributed by atoms with Crippen LogP contribution in [0.2, 0.25) is 0 Å². The molecule has 0 bridgehead atoms. The minimum Gasteiger partial charge on any atom is -0.346 e. The maximum Gasteiger partial charge on any atom is 0.263 e. The molecule has 0 radical (unpaired) electrons. The monoisotopic (exact) mass is 369 g/mol. The molecule has 0 saturated heterocycles. The quantitative estimate of drug-likeness (QED) is 0.677. The van der Waals surface area contributed by atoms with E-state index < -0.39 is 0 Å². The molecule has 0 saturated carbocycles. The normalized spacial score (nSPS) is 12.5. The predicted octanol–water partition coefficient (Wildman–Crippen LogP) is 5.32. The Balaban J connectivity index is 1.86. The number of hydrogen-bond acceptors (Lipinski definition) is 3. The van der Waals surface area contributed by atoms with Crippen LogP contribution in [0.25, 0.3) is 16.2 Å². The fourth-order valence-electron chi connectivity index (χ4n) is 3.64. The van der Waals surface area contributed by atoms with Crippen LogP contribution in [-0.4, -0.2) is 20.8 Å². The van der Waals surface area contributed by atoms with Crippen molar-refractivity contribution in [3.8, 4) is 11.3 Å². The number of carbonyl (C=O) groups excluding carboxylic acids is 1. The van der Waals surface area contributed by atoms with Crippen LogP contribution in [0.3, 0.4) is 0 Å². The number of aryl methyl sites for hydroxylation is 1. The first kappa shape index (κ1) is 18.6. The van der Waals surface area contributed by atoms with Crippen LogP contribution in [0.4, 0.5) is 0 Å². The summed E-state index contributed by atoms with van der Waals surface area (Å²) >= 11 is 1.45. The third-order valence-electron chi connectivity index (χ3n) is 4.26. The average Bonchev–Trinajstić information content (AvgIpc) is 3.05. The number of carbonyl (C=O) groups is 1. The summed E-state index contributed by atoms with van der Waals surface area (Å²) in [6, 6.07) is 10.1. The van der Waals surface area contributed by atoms with Gasteiger partial charge in [-0.05, 0) is 32.6 Å². The Hall–Kier alpha value is -2.14. The molecule has 1 N–H and O–H groups in total. The fraction of sp³-hybridized carbons (Fsp3) is 0.429. The topological polar surface area (TPSA) is 46.4 Å². The molecule has 2 aromatic heterocycles. The number of imidazole rings is 1. The van der Waals surface area contributed by atoms with Gasteiger partial charge in [0.25, 0.3) is 5.91 Å². The summed E-state index contributed by atoms with van der Waals surface area (Å²) in [5, 5.41) is 3.20. The molecule has 1 amide bonds. The molecule has 5 heteroatoms. The zero-order chi connectivity index (χ0) is 19.1. The van der Waals surface area contributed by atoms with Crippen LogP contribution in [0.1, 0.15) is 56.4 Å². The highest BCUT2D eigenvalue weighted by atomic mass is 32.1. The van der Waals surface area contributed by atoms with Gasteiger partial charge in [0.15, 0.2) is 4.96 Å². The molecule has 138 valence electrons. The van der Waals surface area contributed by atoms with E-state index in [2.05, 4.69) is 39.9 Å². The molecule has 0 aliphatic carbocycles. The number of benzene rings is 1. The van der Waals surface area contributed by atoms with Gasteiger partial charge in [0, 0.05) is 23.0 Å². The van der Waals surface area contributed by atoms with Crippen molar-refractivity contribution in [1.29, 1.82) is 0 Å². The lowest BCUT2D eigenvalue weighted by atomic mass is 9.82. The Morgan fingerprint density at radius 3 is 2.38 bits per heavy atom. The number of nitrogens with one attached hydrogen (secondary N) is 1. The highest BCUT2D eigenvalue weighted by Crippen LogP contribution is 2.30. The van der Waals surface area contributed by atoms with Gasteiger partial charge in [-0.25, -0.2) is 4.98 Å². The summed E-state index contributed by atoms with van der Waals surface area (Å²) in [6.45, 7) is 12.7. The molecule has 0 aliphatic heterocycles. The first-order valence-corrected chi connectivity index (χ1v) is 9.74. The van der Waals surface area contributed by atoms with E-state index in [1.54, 1.807) is 0 Å². The van der Waals surface area contributed by atoms with Gasteiger partial charge in [-0.1, -0.05) is 62.4 Å². The van der Waals surface area contributed by atoms with Crippen molar-refractivity contribution in [3.05, 3.63) is 47.1 Å². The van der Waals surface area contributed by atoms with E-state index in [-0.39, 0.29) is 16.9 Å². The van der Waals surface area contributed by atoms with Gasteiger partial charge in [0.05, 0.1) is 5.69 Å². The van der Waals surface area contributed by atoms with E-state index in [9.17, 15) is 4.79 Å². The van der Waals surface area contributed by atoms with Crippen LogP contribution in [0, 0.1) is 12.3 Å². The van der Waals surface area contributed by atoms with Crippen molar-refractivity contribution in [2.75, 3.05) is 0 Å². The van der Waals surface area contributed by atoms with Crippen LogP contribution in [0.15, 0.2) is 36.5 Å². The number of aromatic nitrogens is 2. The molecule has 0 atom stereocenters. The lowest BCUT2D eigenvalue weighted by Gasteiger charge is -2.33. The molecule has 0 unspecified atom stereocenters. The molecule has 4 nitrogen and oxygen atoms in total. The summed E-state index contributed by atoms with van der Waals surface area (Å²) in [6.07, 6.45) is 2.92. The first-order chi connectivity index (χ1) is 12.1. The highest BCUT2D eigenvalue weighted by molar-refractivity contribution is 7.19. The fourth-order valence-corrected chi connectivity index (χ4v) is 4.65. The number of amides is 1. The van der Waals surface area contributed by atoms with Gasteiger partial charge < -0.3 is 5.32 Å². The second kappa shape index (κ2) is 6.54. The van der Waals surface area contributed by atoms with Crippen molar-refractivity contribution in [1.82, 2.24) is 14.7 Å². The Labute approximate surface area is 159 Å². The van der Waals surface area contributed by atoms with Crippen LogP contribution in [0.5, 0.6) is 0 Å². The zero-order valence-corrected chi connectivity index (χ0v) is 17.2. The maximum absolute atomic E-state index is 12.8. The molecule has 0 fully saturated rings. The van der Waals surface area contributed by atoms with Gasteiger partial charge in [-0.15, -0.1) is 0 Å². The molecule has 0 aliphatic rings. The summed E-state index contributed by atoms with van der Waals surface area (Å²) in [5.41, 5.74) is 2.84. The summed E-state index contributed by atoms with van der Waals surface area (Å²) in [5.74, 6) is -0.0199. The third kappa shape index (κ3) is 3.98. The Kier molecular flexibility index (Phi) is 4.69. The Morgan fingerprint density at radius 1 is 1.15 bits per heavy atom. The van der Waals surface area contributed by atoms with Gasteiger partial charge in [-0.2, -0.15) is 0 Å². The van der Waals surface area contributed by atoms with Gasteiger partial charge >= 0.3 is 0 Å². The van der Waals surface area contributed by atoms with E-state index in [1.807, 2.05) is 47.9 Å². The lowest BCUT2D eigenvalue weighted by molar-refractivity contribution is 0.0894. The van der Waals surface area contributed by atoms with Crippen molar-refractivity contribution < 1.29 is 4.79 Å². The van der Waals surface area contributed by atoms with E-state index in [0.29, 0.717) is 0 Å². The second-order valence-electron chi connectivity index (χ2n) is 8.74. The number of rotatable bonds is 4. The lowest BCUT2D eigenvalue weighted by Crippen LogP contribution is -2.45. The summed E-state index contributed by atoms with van der Waals surface area (Å²) in [4.78, 5) is 19.1. The predicted molar refractivity (Wildman–Crippen MR) is 109 cm³/mol. The number of nitrogens with zero attached hydrogens (tertiary/aromatic N) is 2. The Bertz CT molecular complexity index is 929. The van der Waals surface area contributed by atoms with E-state index >= 15 is 0 Å². The van der Waals surface area contributed by atoms with Crippen molar-refractivity contribution >= 4 is 22.2 Å². The molecule has 26 heavy (non-hydrogen) atoms. The van der Waals surface area contributed by atoms with Crippen LogP contribution >= 0.6 is 11.3 Å². The van der Waals surface area contributed by atoms with E-state index in [1.165, 1.54) is 11.3 Å². The minimum absolute atomic E-state index is 0.0199. The van der Waals surface area contributed by atoms with Crippen molar-refractivity contribution in [2.24, 2.45) is 5.41 Å². The molecule has 0 spiro atoms. The zero-order valence-electron chi connectivity index (χ0n) is 16.4. The largest absolute Gasteiger partial charge is 0.346 e. The first-order valence-electron chi connectivity index (χ1n) is 8.92. The standard InChI is InChI=1S/C21H27N3OS/c1-14-17(18(25)23-21(5,6)13-20(2,3)4)26-19-22-16(12-24(14)19)15-10-8-7-9-11-15/h7-12H,13H2,1-6H3,(H,23,25). The maximum atomic E-state index is 12.8. The molecule has 3 rings (SSSR count). The third-order valence-corrected chi connectivity index (χ3v) is 5.41. The SMILES string of the molecule is Cc1c(C(=O)NC(C)(C)CC(C)(C)C)sc2nc(-c3ccccc3)cn12. The van der Waals surface area contributed by atoms with E-state index in [0.717, 1.165) is 33.2 Å². The molecule has 2 heterocycles. The molecular weight excluding hydrogens is 342 g/mol. The smallest absolute Gasteiger partial charge is 0.263 e. The van der Waals surface area contributed by atoms with Gasteiger partial charge in [0.1, 0.15) is 4.88 Å². The van der Waals surface area contributed by atoms with Crippen LogP contribution < -0.4 is 5.32 Å². The average molecular weight is 370 g/mol. The van der Waals surface area contributed by atoms with Crippen molar-refractivity contribution in [2.45, 2.75) is 53.5 Å². The second-order valence-corrected chi connectivity index (χ2v) is 9.71.